The third kappa shape index (κ3) is 2.06. The monoisotopic (exact) mass is 305 g/mol. The molecule has 1 fully saturated rings. The predicted molar refractivity (Wildman–Crippen MR) is 64.9 cm³/mol. The molecule has 1 aromatic carbocycles. The molecule has 1 aliphatic carbocycles. The average Bonchev–Trinajstić information content (AvgIpc) is 2.74. The number of rotatable bonds is 2. The fourth-order valence-electron chi connectivity index (χ4n) is 2.42. The first-order valence-corrected chi connectivity index (χ1v) is 6.30. The van der Waals surface area contributed by atoms with Crippen LogP contribution in [-0.2, 0) is 5.54 Å². The van der Waals surface area contributed by atoms with E-state index >= 15 is 0 Å². The fraction of sp³-hybridized carbons (Fsp3) is 0.500. The van der Waals surface area contributed by atoms with E-state index < -0.39 is 17.2 Å². The highest BCUT2D eigenvalue weighted by Gasteiger charge is 2.36. The van der Waals surface area contributed by atoms with Gasteiger partial charge in [0.2, 0.25) is 0 Å². The molecule has 17 heavy (non-hydrogen) atoms. The molecule has 94 valence electrons. The second kappa shape index (κ2) is 4.53. The summed E-state index contributed by atoms with van der Waals surface area (Å²) in [6, 6.07) is 1.28. The number of methoxy groups -OCH3 is 1. The molecule has 0 radical (unpaired) electrons. The molecule has 5 heteroatoms. The van der Waals surface area contributed by atoms with Crippen molar-refractivity contribution < 1.29 is 13.5 Å². The van der Waals surface area contributed by atoms with Crippen LogP contribution in [0.15, 0.2) is 10.5 Å². The maximum atomic E-state index is 13.9. The Kier molecular flexibility index (Phi) is 3.41. The topological polar surface area (TPSA) is 35.2 Å². The first-order valence-electron chi connectivity index (χ1n) is 5.50. The van der Waals surface area contributed by atoms with Crippen LogP contribution < -0.4 is 10.5 Å². The minimum atomic E-state index is -0.723. The van der Waals surface area contributed by atoms with E-state index in [1.807, 2.05) is 0 Å². The normalized spacial score (nSPS) is 18.4. The van der Waals surface area contributed by atoms with Gasteiger partial charge in [0.25, 0.3) is 0 Å². The van der Waals surface area contributed by atoms with E-state index in [9.17, 15) is 8.78 Å². The number of hydrogen-bond donors (Lipinski definition) is 1. The molecule has 0 amide bonds. The van der Waals surface area contributed by atoms with Gasteiger partial charge in [-0.05, 0) is 34.8 Å². The van der Waals surface area contributed by atoms with E-state index in [0.29, 0.717) is 5.56 Å². The van der Waals surface area contributed by atoms with Gasteiger partial charge in [0.05, 0.1) is 11.6 Å². The molecule has 0 aliphatic heterocycles. The van der Waals surface area contributed by atoms with Crippen LogP contribution in [0.5, 0.6) is 5.75 Å². The molecule has 1 aliphatic rings. The largest absolute Gasteiger partial charge is 0.493 e. The smallest absolute Gasteiger partial charge is 0.182 e. The van der Waals surface area contributed by atoms with Gasteiger partial charge in [0, 0.05) is 11.1 Å². The van der Waals surface area contributed by atoms with Crippen molar-refractivity contribution in [3.8, 4) is 5.75 Å². The van der Waals surface area contributed by atoms with Crippen LogP contribution in [0.4, 0.5) is 8.78 Å². The van der Waals surface area contributed by atoms with Crippen molar-refractivity contribution in [1.82, 2.24) is 0 Å². The Hall–Kier alpha value is -0.680. The summed E-state index contributed by atoms with van der Waals surface area (Å²) in [5.41, 5.74) is 5.97. The van der Waals surface area contributed by atoms with E-state index in [0.717, 1.165) is 25.7 Å². The molecule has 1 saturated carbocycles. The average molecular weight is 306 g/mol. The zero-order valence-corrected chi connectivity index (χ0v) is 11.1. The Balaban J connectivity index is 2.60. The SMILES string of the molecule is COc1c(C2(N)CCCC2)cc(F)c(Br)c1F. The maximum absolute atomic E-state index is 13.9. The van der Waals surface area contributed by atoms with Gasteiger partial charge >= 0.3 is 0 Å². The highest BCUT2D eigenvalue weighted by Crippen LogP contribution is 2.43. The summed E-state index contributed by atoms with van der Waals surface area (Å²) in [7, 11) is 1.37. The minimum Gasteiger partial charge on any atom is -0.493 e. The summed E-state index contributed by atoms with van der Waals surface area (Å²) in [5, 5.41) is 0. The number of hydrogen-bond acceptors (Lipinski definition) is 2. The molecule has 0 spiro atoms. The van der Waals surface area contributed by atoms with Crippen molar-refractivity contribution in [3.05, 3.63) is 27.7 Å². The Morgan fingerprint density at radius 1 is 1.35 bits per heavy atom. The predicted octanol–water partition coefficient (Wildman–Crippen LogP) is 3.46. The van der Waals surface area contributed by atoms with E-state index in [2.05, 4.69) is 15.9 Å². The molecule has 0 aromatic heterocycles. The zero-order chi connectivity index (χ0) is 12.6. The minimum absolute atomic E-state index is 0.0441. The van der Waals surface area contributed by atoms with Crippen LogP contribution in [0.1, 0.15) is 31.2 Å². The summed E-state index contributed by atoms with van der Waals surface area (Å²) < 4.78 is 32.3. The van der Waals surface area contributed by atoms with Crippen molar-refractivity contribution in [2.75, 3.05) is 7.11 Å². The lowest BCUT2D eigenvalue weighted by Crippen LogP contribution is -2.34. The first kappa shape index (κ1) is 12.8. The summed E-state index contributed by atoms with van der Waals surface area (Å²) in [5.74, 6) is -1.32. The lowest BCUT2D eigenvalue weighted by Gasteiger charge is -2.26. The van der Waals surface area contributed by atoms with E-state index in [1.54, 1.807) is 0 Å². The van der Waals surface area contributed by atoms with Crippen LogP contribution in [-0.4, -0.2) is 7.11 Å². The van der Waals surface area contributed by atoms with Crippen molar-refractivity contribution >= 4 is 15.9 Å². The quantitative estimate of drug-likeness (QED) is 0.849. The Bertz CT molecular complexity index is 445. The fourth-order valence-corrected chi connectivity index (χ4v) is 2.72. The second-order valence-electron chi connectivity index (χ2n) is 4.43. The Morgan fingerprint density at radius 3 is 2.47 bits per heavy atom. The van der Waals surface area contributed by atoms with E-state index in [1.165, 1.54) is 13.2 Å². The summed E-state index contributed by atoms with van der Waals surface area (Å²) in [6.07, 6.45) is 3.39. The van der Waals surface area contributed by atoms with Gasteiger partial charge in [-0.3, -0.25) is 0 Å². The Labute approximate surface area is 107 Å². The Morgan fingerprint density at radius 2 is 1.94 bits per heavy atom. The van der Waals surface area contributed by atoms with Crippen LogP contribution in [0.25, 0.3) is 0 Å². The van der Waals surface area contributed by atoms with Crippen molar-refractivity contribution in [1.29, 1.82) is 0 Å². The molecule has 1 aromatic rings. The lowest BCUT2D eigenvalue weighted by atomic mass is 9.88. The summed E-state index contributed by atoms with van der Waals surface area (Å²) in [4.78, 5) is 0. The van der Waals surface area contributed by atoms with Gasteiger partial charge < -0.3 is 10.5 Å². The molecular weight excluding hydrogens is 292 g/mol. The molecule has 0 bridgehead atoms. The molecule has 0 heterocycles. The number of nitrogens with two attached hydrogens (primary N) is 1. The molecule has 2 rings (SSSR count). The number of halogens is 3. The van der Waals surface area contributed by atoms with E-state index in [-0.39, 0.29) is 10.2 Å². The number of ether oxygens (including phenoxy) is 1. The van der Waals surface area contributed by atoms with Crippen LogP contribution in [0.3, 0.4) is 0 Å². The van der Waals surface area contributed by atoms with Crippen LogP contribution in [0, 0.1) is 11.6 Å². The van der Waals surface area contributed by atoms with Crippen molar-refractivity contribution in [2.45, 2.75) is 31.2 Å². The molecule has 0 unspecified atom stereocenters. The number of benzene rings is 1. The summed E-state index contributed by atoms with van der Waals surface area (Å²) in [6.45, 7) is 0. The van der Waals surface area contributed by atoms with Crippen LogP contribution in [0.2, 0.25) is 0 Å². The van der Waals surface area contributed by atoms with Crippen molar-refractivity contribution in [3.63, 3.8) is 0 Å². The third-order valence-corrected chi connectivity index (χ3v) is 4.08. The molecule has 0 atom stereocenters. The van der Waals surface area contributed by atoms with Gasteiger partial charge in [-0.25, -0.2) is 8.78 Å². The van der Waals surface area contributed by atoms with Gasteiger partial charge in [-0.2, -0.15) is 0 Å². The molecular formula is C12H14BrF2NO. The third-order valence-electron chi connectivity index (χ3n) is 3.35. The lowest BCUT2D eigenvalue weighted by molar-refractivity contribution is 0.352. The van der Waals surface area contributed by atoms with Gasteiger partial charge in [0.1, 0.15) is 5.82 Å². The highest BCUT2D eigenvalue weighted by atomic mass is 79.9. The first-order chi connectivity index (χ1) is 7.99. The van der Waals surface area contributed by atoms with Gasteiger partial charge in [-0.1, -0.05) is 12.8 Å². The maximum Gasteiger partial charge on any atom is 0.182 e. The van der Waals surface area contributed by atoms with Crippen LogP contribution >= 0.6 is 15.9 Å². The highest BCUT2D eigenvalue weighted by molar-refractivity contribution is 9.10. The molecule has 2 N–H and O–H groups in total. The summed E-state index contributed by atoms with van der Waals surface area (Å²) >= 11 is 2.86. The second-order valence-corrected chi connectivity index (χ2v) is 5.22. The molecule has 0 saturated heterocycles. The van der Waals surface area contributed by atoms with E-state index in [4.69, 9.17) is 10.5 Å². The zero-order valence-electron chi connectivity index (χ0n) is 9.53. The van der Waals surface area contributed by atoms with Crippen molar-refractivity contribution in [2.24, 2.45) is 5.73 Å². The molecule has 2 nitrogen and oxygen atoms in total. The van der Waals surface area contributed by atoms with Gasteiger partial charge in [0.15, 0.2) is 11.6 Å². The van der Waals surface area contributed by atoms with Gasteiger partial charge in [-0.15, -0.1) is 0 Å². The standard InChI is InChI=1S/C12H14BrF2NO/c1-17-11-7(12(16)4-2-3-5-12)6-8(14)9(13)10(11)15/h6H,2-5,16H2,1H3.